The quantitative estimate of drug-likeness (QED) is 0.296. The summed E-state index contributed by atoms with van der Waals surface area (Å²) in [6.07, 6.45) is 7.95. The number of rotatable bonds is 14. The largest absolute Gasteiger partial charge is 0.390 e. The molecule has 0 fully saturated rings. The molecule has 0 saturated heterocycles. The van der Waals surface area contributed by atoms with Crippen LogP contribution in [-0.4, -0.2) is 61.6 Å². The number of aliphatic hydroxyl groups is 2. The van der Waals surface area contributed by atoms with Gasteiger partial charge in [-0.05, 0) is 49.9 Å². The topological polar surface area (TPSA) is 71.3 Å². The SMILES string of the molecule is CCC=CC(C)C(C)C(OC)C(O)CC.CCN=CC(C)C(C)C(OC)C(O)CC. The summed E-state index contributed by atoms with van der Waals surface area (Å²) in [7, 11) is 3.33. The lowest BCUT2D eigenvalue weighted by Crippen LogP contribution is -2.37. The predicted octanol–water partition coefficient (Wildman–Crippen LogP) is 5.15. The van der Waals surface area contributed by atoms with Crippen molar-refractivity contribution in [1.82, 2.24) is 0 Å². The van der Waals surface area contributed by atoms with Gasteiger partial charge in [0.2, 0.25) is 0 Å². The molecule has 0 amide bonds. The van der Waals surface area contributed by atoms with E-state index >= 15 is 0 Å². The maximum atomic E-state index is 9.81. The van der Waals surface area contributed by atoms with Gasteiger partial charge in [0.25, 0.3) is 0 Å². The number of nitrogens with zero attached hydrogens (tertiary/aromatic N) is 1. The smallest absolute Gasteiger partial charge is 0.0861 e. The van der Waals surface area contributed by atoms with Crippen LogP contribution in [0.15, 0.2) is 17.1 Å². The second-order valence-electron chi connectivity index (χ2n) is 8.27. The molecule has 0 aliphatic carbocycles. The molecule has 0 aliphatic rings. The first kappa shape index (κ1) is 31.4. The van der Waals surface area contributed by atoms with Crippen LogP contribution >= 0.6 is 0 Å². The first-order valence-electron chi connectivity index (χ1n) is 11.7. The Morgan fingerprint density at radius 1 is 0.767 bits per heavy atom. The summed E-state index contributed by atoms with van der Waals surface area (Å²) in [5.74, 6) is 1.39. The summed E-state index contributed by atoms with van der Waals surface area (Å²) in [4.78, 5) is 4.23. The summed E-state index contributed by atoms with van der Waals surface area (Å²) in [5.41, 5.74) is 0. The van der Waals surface area contributed by atoms with Crippen molar-refractivity contribution in [2.24, 2.45) is 28.7 Å². The zero-order valence-electron chi connectivity index (χ0n) is 21.3. The average Bonchev–Trinajstić information content (AvgIpc) is 2.76. The molecule has 0 aromatic rings. The fraction of sp³-hybridized carbons (Fsp3) is 0.880. The molecule has 0 heterocycles. The minimum Gasteiger partial charge on any atom is -0.390 e. The molecule has 5 nitrogen and oxygen atoms in total. The highest BCUT2D eigenvalue weighted by Gasteiger charge is 2.27. The number of hydrogen-bond donors (Lipinski definition) is 2. The van der Waals surface area contributed by atoms with Crippen molar-refractivity contribution in [3.63, 3.8) is 0 Å². The number of methoxy groups -OCH3 is 2. The molecule has 0 saturated carbocycles. The predicted molar refractivity (Wildman–Crippen MR) is 129 cm³/mol. The van der Waals surface area contributed by atoms with Crippen molar-refractivity contribution >= 4 is 6.21 Å². The van der Waals surface area contributed by atoms with E-state index in [4.69, 9.17) is 9.47 Å². The molecule has 0 aromatic carbocycles. The molecule has 0 radical (unpaired) electrons. The van der Waals surface area contributed by atoms with Crippen molar-refractivity contribution in [2.45, 2.75) is 99.1 Å². The summed E-state index contributed by atoms with van der Waals surface area (Å²) in [5, 5.41) is 19.6. The van der Waals surface area contributed by atoms with E-state index in [0.29, 0.717) is 17.8 Å². The monoisotopic (exact) mass is 429 g/mol. The molecule has 2 N–H and O–H groups in total. The van der Waals surface area contributed by atoms with E-state index in [1.165, 1.54) is 0 Å². The van der Waals surface area contributed by atoms with Gasteiger partial charge in [0.1, 0.15) is 0 Å². The normalized spacial score (nSPS) is 20.1. The molecular formula is C25H51NO4. The summed E-state index contributed by atoms with van der Waals surface area (Å²) >= 11 is 0. The molecular weight excluding hydrogens is 378 g/mol. The molecule has 0 aromatic heterocycles. The lowest BCUT2D eigenvalue weighted by Gasteiger charge is -2.29. The maximum Gasteiger partial charge on any atom is 0.0861 e. The Balaban J connectivity index is 0. The van der Waals surface area contributed by atoms with Gasteiger partial charge in [-0.25, -0.2) is 0 Å². The first-order valence-corrected chi connectivity index (χ1v) is 11.7. The van der Waals surface area contributed by atoms with Gasteiger partial charge in [-0.3, -0.25) is 4.99 Å². The summed E-state index contributed by atoms with van der Waals surface area (Å²) in [6, 6.07) is 0. The van der Waals surface area contributed by atoms with Gasteiger partial charge < -0.3 is 19.7 Å². The van der Waals surface area contributed by atoms with E-state index in [9.17, 15) is 10.2 Å². The lowest BCUT2D eigenvalue weighted by molar-refractivity contribution is -0.0505. The zero-order chi connectivity index (χ0) is 23.7. The molecule has 30 heavy (non-hydrogen) atoms. The second kappa shape index (κ2) is 19.0. The molecule has 0 aliphatic heterocycles. The third-order valence-electron chi connectivity index (χ3n) is 6.03. The first-order chi connectivity index (χ1) is 14.2. The number of aliphatic imine (C=N–C) groups is 1. The van der Waals surface area contributed by atoms with E-state index < -0.39 is 0 Å². The zero-order valence-corrected chi connectivity index (χ0v) is 21.3. The van der Waals surface area contributed by atoms with Gasteiger partial charge >= 0.3 is 0 Å². The third-order valence-corrected chi connectivity index (χ3v) is 6.03. The van der Waals surface area contributed by atoms with Crippen LogP contribution in [0.3, 0.4) is 0 Å². The van der Waals surface area contributed by atoms with E-state index in [-0.39, 0.29) is 30.3 Å². The van der Waals surface area contributed by atoms with Gasteiger partial charge in [0.15, 0.2) is 0 Å². The van der Waals surface area contributed by atoms with Crippen LogP contribution in [0.4, 0.5) is 0 Å². The van der Waals surface area contributed by atoms with Crippen LogP contribution in [0.5, 0.6) is 0 Å². The van der Waals surface area contributed by atoms with Gasteiger partial charge in [-0.2, -0.15) is 0 Å². The number of hydrogen-bond acceptors (Lipinski definition) is 5. The second-order valence-corrected chi connectivity index (χ2v) is 8.27. The maximum absolute atomic E-state index is 9.81. The van der Waals surface area contributed by atoms with Crippen LogP contribution in [0.1, 0.15) is 74.7 Å². The van der Waals surface area contributed by atoms with E-state index in [2.05, 4.69) is 51.8 Å². The van der Waals surface area contributed by atoms with Crippen molar-refractivity contribution in [2.75, 3.05) is 20.8 Å². The fourth-order valence-corrected chi connectivity index (χ4v) is 3.44. The van der Waals surface area contributed by atoms with Gasteiger partial charge in [0, 0.05) is 27.0 Å². The van der Waals surface area contributed by atoms with Crippen molar-refractivity contribution in [1.29, 1.82) is 0 Å². The Kier molecular flexibility index (Phi) is 19.9. The van der Waals surface area contributed by atoms with Crippen LogP contribution in [-0.2, 0) is 9.47 Å². The van der Waals surface area contributed by atoms with E-state index in [1.807, 2.05) is 27.0 Å². The van der Waals surface area contributed by atoms with E-state index in [1.54, 1.807) is 14.2 Å². The number of allylic oxidation sites excluding steroid dienone is 2. The molecule has 180 valence electrons. The number of ether oxygens (including phenoxy) is 2. The Hall–Kier alpha value is -0.750. The fourth-order valence-electron chi connectivity index (χ4n) is 3.44. The van der Waals surface area contributed by atoms with Crippen LogP contribution in [0.2, 0.25) is 0 Å². The lowest BCUT2D eigenvalue weighted by atomic mass is 9.87. The van der Waals surface area contributed by atoms with Crippen molar-refractivity contribution < 1.29 is 19.7 Å². The van der Waals surface area contributed by atoms with Gasteiger partial charge in [-0.15, -0.1) is 0 Å². The summed E-state index contributed by atoms with van der Waals surface area (Å²) in [6.45, 7) is 17.4. The molecule has 8 unspecified atom stereocenters. The highest BCUT2D eigenvalue weighted by atomic mass is 16.5. The summed E-state index contributed by atoms with van der Waals surface area (Å²) < 4.78 is 10.7. The molecule has 0 spiro atoms. The van der Waals surface area contributed by atoms with Gasteiger partial charge in [0.05, 0.1) is 24.4 Å². The van der Waals surface area contributed by atoms with Crippen LogP contribution in [0, 0.1) is 23.7 Å². The van der Waals surface area contributed by atoms with Crippen molar-refractivity contribution in [3.05, 3.63) is 12.2 Å². The van der Waals surface area contributed by atoms with E-state index in [0.717, 1.165) is 25.8 Å². The molecule has 8 atom stereocenters. The average molecular weight is 430 g/mol. The number of aliphatic hydroxyl groups excluding tert-OH is 2. The highest BCUT2D eigenvalue weighted by molar-refractivity contribution is 5.60. The minimum absolute atomic E-state index is 0.0634. The Morgan fingerprint density at radius 2 is 1.20 bits per heavy atom. The van der Waals surface area contributed by atoms with Crippen molar-refractivity contribution in [3.8, 4) is 0 Å². The molecule has 5 heteroatoms. The Bertz CT molecular complexity index is 401. The molecule has 0 bridgehead atoms. The minimum atomic E-state index is -0.387. The highest BCUT2D eigenvalue weighted by Crippen LogP contribution is 2.23. The Labute approximate surface area is 187 Å². The van der Waals surface area contributed by atoms with Crippen LogP contribution in [0.25, 0.3) is 0 Å². The van der Waals surface area contributed by atoms with Crippen LogP contribution < -0.4 is 0 Å². The Morgan fingerprint density at radius 3 is 1.53 bits per heavy atom. The standard InChI is InChI=1S/C13H26O2.C12H25NO2/c1-6-8-9-10(3)11(4)13(15-5)12(14)7-2;1-6-11(14)12(15-5)10(4)9(3)8-13-7-2/h8-14H,6-7H2,1-5H3;8-12,14H,6-7H2,1-5H3. The molecule has 0 rings (SSSR count). The third kappa shape index (κ3) is 12.2. The van der Waals surface area contributed by atoms with Gasteiger partial charge in [-0.1, -0.05) is 60.6 Å².